The van der Waals surface area contributed by atoms with Gasteiger partial charge in [-0.25, -0.2) is 0 Å². The molecule has 0 radical (unpaired) electrons. The Bertz CT molecular complexity index is 791. The SMILES string of the molecule is Cc1[nH]c2ccccc2c1CCNC(=O)[C@@H]1CCCN1C1CCN(C)CC1. The Balaban J connectivity index is 1.34. The number of hydrogen-bond donors (Lipinski definition) is 2. The molecule has 3 heterocycles. The summed E-state index contributed by atoms with van der Waals surface area (Å²) < 4.78 is 0. The third-order valence-corrected chi connectivity index (χ3v) is 6.46. The summed E-state index contributed by atoms with van der Waals surface area (Å²) in [4.78, 5) is 21.2. The fraction of sp³-hybridized carbons (Fsp3) is 0.591. The molecule has 2 fully saturated rings. The van der Waals surface area contributed by atoms with Gasteiger partial charge in [-0.3, -0.25) is 9.69 Å². The van der Waals surface area contributed by atoms with Crippen molar-refractivity contribution in [2.45, 2.75) is 51.1 Å². The number of hydrogen-bond acceptors (Lipinski definition) is 3. The monoisotopic (exact) mass is 368 g/mol. The van der Waals surface area contributed by atoms with Crippen molar-refractivity contribution in [2.24, 2.45) is 0 Å². The number of para-hydroxylation sites is 1. The van der Waals surface area contributed by atoms with Crippen LogP contribution < -0.4 is 5.32 Å². The molecule has 27 heavy (non-hydrogen) atoms. The van der Waals surface area contributed by atoms with E-state index in [0.29, 0.717) is 12.6 Å². The fourth-order valence-electron chi connectivity index (χ4n) is 4.92. The van der Waals surface area contributed by atoms with Gasteiger partial charge in [0.15, 0.2) is 0 Å². The van der Waals surface area contributed by atoms with Gasteiger partial charge in [-0.05, 0) is 77.3 Å². The van der Waals surface area contributed by atoms with E-state index in [1.807, 2.05) is 0 Å². The second-order valence-electron chi connectivity index (χ2n) is 8.25. The molecule has 1 amide bonds. The first-order chi connectivity index (χ1) is 13.1. The lowest BCUT2D eigenvalue weighted by Gasteiger charge is -2.37. The number of nitrogens with one attached hydrogen (secondary N) is 2. The van der Waals surface area contributed by atoms with Gasteiger partial charge in [0.25, 0.3) is 0 Å². The molecule has 0 bridgehead atoms. The summed E-state index contributed by atoms with van der Waals surface area (Å²) in [5.41, 5.74) is 3.71. The van der Waals surface area contributed by atoms with E-state index in [1.165, 1.54) is 35.0 Å². The van der Waals surface area contributed by atoms with E-state index in [0.717, 1.165) is 38.9 Å². The number of carbonyl (C=O) groups is 1. The van der Waals surface area contributed by atoms with Gasteiger partial charge in [0.05, 0.1) is 6.04 Å². The second kappa shape index (κ2) is 8.03. The minimum Gasteiger partial charge on any atom is -0.358 e. The smallest absolute Gasteiger partial charge is 0.237 e. The number of benzene rings is 1. The molecule has 0 saturated carbocycles. The Hall–Kier alpha value is -1.85. The van der Waals surface area contributed by atoms with E-state index in [-0.39, 0.29) is 11.9 Å². The zero-order chi connectivity index (χ0) is 18.8. The summed E-state index contributed by atoms with van der Waals surface area (Å²) in [6.07, 6.45) is 5.41. The molecule has 4 rings (SSSR count). The predicted octanol–water partition coefficient (Wildman–Crippen LogP) is 2.69. The molecule has 146 valence electrons. The lowest BCUT2D eigenvalue weighted by molar-refractivity contribution is -0.126. The summed E-state index contributed by atoms with van der Waals surface area (Å²) in [5.74, 6) is 0.226. The van der Waals surface area contributed by atoms with Gasteiger partial charge < -0.3 is 15.2 Å². The molecule has 5 heteroatoms. The quantitative estimate of drug-likeness (QED) is 0.853. The van der Waals surface area contributed by atoms with Crippen LogP contribution in [0.2, 0.25) is 0 Å². The Kier molecular flexibility index (Phi) is 5.50. The average molecular weight is 369 g/mol. The first-order valence-corrected chi connectivity index (χ1v) is 10.4. The molecular weight excluding hydrogens is 336 g/mol. The van der Waals surface area contributed by atoms with Gasteiger partial charge in [-0.15, -0.1) is 0 Å². The van der Waals surface area contributed by atoms with Crippen LogP contribution in [-0.2, 0) is 11.2 Å². The number of rotatable bonds is 5. The number of aromatic amines is 1. The first kappa shape index (κ1) is 18.5. The van der Waals surface area contributed by atoms with Crippen LogP contribution in [0.4, 0.5) is 0 Å². The van der Waals surface area contributed by atoms with Crippen molar-refractivity contribution >= 4 is 16.8 Å². The van der Waals surface area contributed by atoms with Crippen LogP contribution in [0.1, 0.15) is 36.9 Å². The van der Waals surface area contributed by atoms with E-state index in [9.17, 15) is 4.79 Å². The van der Waals surface area contributed by atoms with Crippen LogP contribution in [0.3, 0.4) is 0 Å². The highest BCUT2D eigenvalue weighted by Crippen LogP contribution is 2.26. The Morgan fingerprint density at radius 2 is 1.96 bits per heavy atom. The van der Waals surface area contributed by atoms with Crippen LogP contribution in [0.25, 0.3) is 10.9 Å². The summed E-state index contributed by atoms with van der Waals surface area (Å²) in [6, 6.07) is 9.06. The van der Waals surface area contributed by atoms with Crippen molar-refractivity contribution in [3.8, 4) is 0 Å². The highest BCUT2D eigenvalue weighted by Gasteiger charge is 2.36. The van der Waals surface area contributed by atoms with E-state index >= 15 is 0 Å². The Morgan fingerprint density at radius 3 is 2.78 bits per heavy atom. The minimum absolute atomic E-state index is 0.0717. The number of carbonyl (C=O) groups excluding carboxylic acids is 1. The maximum absolute atomic E-state index is 12.9. The average Bonchev–Trinajstić information content (AvgIpc) is 3.27. The first-order valence-electron chi connectivity index (χ1n) is 10.4. The van der Waals surface area contributed by atoms with Gasteiger partial charge in [0, 0.05) is 29.2 Å². The number of fused-ring (bicyclic) bond motifs is 1. The van der Waals surface area contributed by atoms with Gasteiger partial charge in [0.1, 0.15) is 0 Å². The fourth-order valence-corrected chi connectivity index (χ4v) is 4.92. The Morgan fingerprint density at radius 1 is 1.19 bits per heavy atom. The van der Waals surface area contributed by atoms with Crippen molar-refractivity contribution in [1.29, 1.82) is 0 Å². The van der Waals surface area contributed by atoms with Gasteiger partial charge in [0.2, 0.25) is 5.91 Å². The van der Waals surface area contributed by atoms with Gasteiger partial charge in [-0.2, -0.15) is 0 Å². The molecule has 2 aliphatic rings. The summed E-state index contributed by atoms with van der Waals surface area (Å²) >= 11 is 0. The molecule has 1 aromatic carbocycles. The van der Waals surface area contributed by atoms with Gasteiger partial charge in [-0.1, -0.05) is 18.2 Å². The van der Waals surface area contributed by atoms with Crippen LogP contribution in [0, 0.1) is 6.92 Å². The maximum atomic E-state index is 12.9. The van der Waals surface area contributed by atoms with Crippen LogP contribution in [-0.4, -0.2) is 66.0 Å². The number of aryl methyl sites for hydroxylation is 1. The highest BCUT2D eigenvalue weighted by atomic mass is 16.2. The topological polar surface area (TPSA) is 51.4 Å². The van der Waals surface area contributed by atoms with Crippen LogP contribution in [0.15, 0.2) is 24.3 Å². The largest absolute Gasteiger partial charge is 0.358 e. The van der Waals surface area contributed by atoms with Crippen molar-refractivity contribution < 1.29 is 4.79 Å². The summed E-state index contributed by atoms with van der Waals surface area (Å²) in [7, 11) is 2.19. The third-order valence-electron chi connectivity index (χ3n) is 6.46. The molecule has 5 nitrogen and oxygen atoms in total. The number of amides is 1. The standard InChI is InChI=1S/C22H32N4O/c1-16-18(19-6-3-4-7-20(19)24-16)9-12-23-22(27)21-8-5-13-26(21)17-10-14-25(2)15-11-17/h3-4,6-7,17,21,24H,5,8-15H2,1-2H3,(H,23,27)/t21-/m0/s1. The molecule has 2 saturated heterocycles. The van der Waals surface area contributed by atoms with E-state index in [1.54, 1.807) is 0 Å². The van der Waals surface area contributed by atoms with Crippen LogP contribution >= 0.6 is 0 Å². The number of piperidine rings is 1. The molecule has 0 unspecified atom stereocenters. The van der Waals surface area contributed by atoms with Crippen molar-refractivity contribution in [3.63, 3.8) is 0 Å². The summed E-state index contributed by atoms with van der Waals surface area (Å²) in [6.45, 7) is 6.20. The molecule has 0 aliphatic carbocycles. The molecule has 0 spiro atoms. The summed E-state index contributed by atoms with van der Waals surface area (Å²) in [5, 5.41) is 4.50. The van der Waals surface area contributed by atoms with E-state index in [2.05, 4.69) is 58.3 Å². The minimum atomic E-state index is 0.0717. The lowest BCUT2D eigenvalue weighted by Crippen LogP contribution is -2.51. The zero-order valence-electron chi connectivity index (χ0n) is 16.6. The molecule has 2 N–H and O–H groups in total. The van der Waals surface area contributed by atoms with Crippen LogP contribution in [0.5, 0.6) is 0 Å². The number of nitrogens with zero attached hydrogens (tertiary/aromatic N) is 2. The Labute approximate surface area is 162 Å². The molecule has 1 aromatic heterocycles. The third kappa shape index (κ3) is 3.90. The van der Waals surface area contributed by atoms with Crippen molar-refractivity contribution in [1.82, 2.24) is 20.1 Å². The normalized spacial score (nSPS) is 22.5. The lowest BCUT2D eigenvalue weighted by atomic mass is 10.0. The molecule has 2 aromatic rings. The van der Waals surface area contributed by atoms with E-state index in [4.69, 9.17) is 0 Å². The number of H-pyrrole nitrogens is 1. The van der Waals surface area contributed by atoms with Crippen molar-refractivity contribution in [2.75, 3.05) is 33.2 Å². The highest BCUT2D eigenvalue weighted by molar-refractivity contribution is 5.85. The van der Waals surface area contributed by atoms with Crippen molar-refractivity contribution in [3.05, 3.63) is 35.5 Å². The van der Waals surface area contributed by atoms with E-state index < -0.39 is 0 Å². The molecule has 1 atom stereocenters. The second-order valence-corrected chi connectivity index (χ2v) is 8.25. The maximum Gasteiger partial charge on any atom is 0.237 e. The molecular formula is C22H32N4O. The van der Waals surface area contributed by atoms with Gasteiger partial charge >= 0.3 is 0 Å². The zero-order valence-corrected chi connectivity index (χ0v) is 16.6. The number of likely N-dealkylation sites (tertiary alicyclic amines) is 2. The number of aromatic nitrogens is 1. The predicted molar refractivity (Wildman–Crippen MR) is 110 cm³/mol. The molecule has 2 aliphatic heterocycles.